The summed E-state index contributed by atoms with van der Waals surface area (Å²) in [6.45, 7) is 1.75. The van der Waals surface area contributed by atoms with E-state index in [4.69, 9.17) is 9.47 Å². The van der Waals surface area contributed by atoms with Crippen molar-refractivity contribution < 1.29 is 19.1 Å². The van der Waals surface area contributed by atoms with Gasteiger partial charge in [0.2, 0.25) is 12.7 Å². The fourth-order valence-corrected chi connectivity index (χ4v) is 3.59. The zero-order chi connectivity index (χ0) is 20.1. The van der Waals surface area contributed by atoms with Crippen molar-refractivity contribution in [2.24, 2.45) is 0 Å². The van der Waals surface area contributed by atoms with Crippen molar-refractivity contribution in [2.45, 2.75) is 25.7 Å². The third-order valence-corrected chi connectivity index (χ3v) is 5.13. The minimum Gasteiger partial charge on any atom is -0.454 e. The highest BCUT2D eigenvalue weighted by molar-refractivity contribution is 6.07. The molecule has 0 aromatic heterocycles. The molecule has 2 aliphatic rings. The second kappa shape index (κ2) is 8.82. The minimum absolute atomic E-state index is 0.0254. The molecule has 150 valence electrons. The molecule has 0 unspecified atom stereocenters. The van der Waals surface area contributed by atoms with Gasteiger partial charge in [0.05, 0.1) is 11.3 Å². The van der Waals surface area contributed by atoms with Crippen molar-refractivity contribution in [1.29, 1.82) is 0 Å². The largest absolute Gasteiger partial charge is 0.454 e. The molecule has 2 aliphatic heterocycles. The van der Waals surface area contributed by atoms with Crippen LogP contribution in [0.1, 0.15) is 41.6 Å². The number of hydrogen-bond acceptors (Lipinski definition) is 4. The summed E-state index contributed by atoms with van der Waals surface area (Å²) in [6, 6.07) is 12.7. The molecule has 2 aromatic rings. The Morgan fingerprint density at radius 1 is 0.931 bits per heavy atom. The van der Waals surface area contributed by atoms with Crippen LogP contribution in [-0.2, 0) is 4.79 Å². The summed E-state index contributed by atoms with van der Waals surface area (Å²) in [5, 5.41) is 2.84. The highest BCUT2D eigenvalue weighted by atomic mass is 16.7. The van der Waals surface area contributed by atoms with Crippen LogP contribution in [0, 0.1) is 0 Å². The molecule has 1 N–H and O–H groups in total. The maximum atomic E-state index is 13.0. The molecule has 2 amide bonds. The third kappa shape index (κ3) is 4.59. The lowest BCUT2D eigenvalue weighted by atomic mass is 10.1. The minimum atomic E-state index is -0.293. The number of hydrogen-bond donors (Lipinski definition) is 1. The van der Waals surface area contributed by atoms with Crippen LogP contribution in [0.4, 0.5) is 5.69 Å². The molecular weight excluding hydrogens is 368 g/mol. The number of nitrogens with one attached hydrogen (secondary N) is 1. The van der Waals surface area contributed by atoms with E-state index in [1.807, 2.05) is 35.2 Å². The van der Waals surface area contributed by atoms with E-state index in [1.165, 1.54) is 6.08 Å². The van der Waals surface area contributed by atoms with Crippen LogP contribution in [-0.4, -0.2) is 36.6 Å². The van der Waals surface area contributed by atoms with Gasteiger partial charge in [-0.05, 0) is 48.7 Å². The average molecular weight is 392 g/mol. The Kier molecular flexibility index (Phi) is 5.79. The molecule has 1 saturated heterocycles. The van der Waals surface area contributed by atoms with Gasteiger partial charge in [0, 0.05) is 19.2 Å². The molecule has 6 heteroatoms. The van der Waals surface area contributed by atoms with Gasteiger partial charge in [-0.2, -0.15) is 0 Å². The molecule has 0 saturated carbocycles. The third-order valence-electron chi connectivity index (χ3n) is 5.13. The van der Waals surface area contributed by atoms with Crippen molar-refractivity contribution in [3.63, 3.8) is 0 Å². The van der Waals surface area contributed by atoms with Crippen LogP contribution < -0.4 is 14.8 Å². The smallest absolute Gasteiger partial charge is 0.255 e. The molecule has 29 heavy (non-hydrogen) atoms. The zero-order valence-corrected chi connectivity index (χ0v) is 16.2. The number of carbonyl (C=O) groups is 2. The highest BCUT2D eigenvalue weighted by Gasteiger charge is 2.20. The Bertz CT molecular complexity index is 930. The first-order valence-electron chi connectivity index (χ1n) is 9.98. The van der Waals surface area contributed by atoms with Crippen LogP contribution in [0.3, 0.4) is 0 Å². The van der Waals surface area contributed by atoms with Gasteiger partial charge >= 0.3 is 0 Å². The predicted molar refractivity (Wildman–Crippen MR) is 111 cm³/mol. The van der Waals surface area contributed by atoms with Gasteiger partial charge in [0.15, 0.2) is 11.5 Å². The molecule has 0 spiro atoms. The SMILES string of the molecule is O=C(/C=C/c1ccc2c(c1)OCO2)Nc1ccccc1C(=O)N1CCCCCC1. The number of benzene rings is 2. The number of fused-ring (bicyclic) bond motifs is 1. The van der Waals surface area contributed by atoms with E-state index in [1.54, 1.807) is 18.2 Å². The average Bonchev–Trinajstić information content (AvgIpc) is 3.04. The number of likely N-dealkylation sites (tertiary alicyclic amines) is 1. The Morgan fingerprint density at radius 2 is 1.69 bits per heavy atom. The normalized spacial score (nSPS) is 15.9. The molecular formula is C23H24N2O4. The summed E-state index contributed by atoms with van der Waals surface area (Å²) in [4.78, 5) is 27.3. The van der Waals surface area contributed by atoms with Crippen LogP contribution in [0.2, 0.25) is 0 Å². The van der Waals surface area contributed by atoms with Crippen LogP contribution in [0.25, 0.3) is 6.08 Å². The lowest BCUT2D eigenvalue weighted by Gasteiger charge is -2.21. The Balaban J connectivity index is 1.45. The van der Waals surface area contributed by atoms with Gasteiger partial charge < -0.3 is 19.7 Å². The molecule has 0 bridgehead atoms. The Morgan fingerprint density at radius 3 is 2.52 bits per heavy atom. The summed E-state index contributed by atoms with van der Waals surface area (Å²) in [5.41, 5.74) is 1.89. The van der Waals surface area contributed by atoms with Gasteiger partial charge in [-0.15, -0.1) is 0 Å². The highest BCUT2D eigenvalue weighted by Crippen LogP contribution is 2.32. The van der Waals surface area contributed by atoms with Gasteiger partial charge in [-0.1, -0.05) is 31.0 Å². The molecule has 0 radical (unpaired) electrons. The molecule has 0 atom stereocenters. The van der Waals surface area contributed by atoms with E-state index in [-0.39, 0.29) is 18.6 Å². The molecule has 0 aliphatic carbocycles. The number of anilines is 1. The monoisotopic (exact) mass is 392 g/mol. The summed E-state index contributed by atoms with van der Waals surface area (Å²) in [7, 11) is 0. The first-order chi connectivity index (χ1) is 14.2. The molecule has 2 aromatic carbocycles. The van der Waals surface area contributed by atoms with E-state index < -0.39 is 0 Å². The second-order valence-electron chi connectivity index (χ2n) is 7.19. The first kappa shape index (κ1) is 19.1. The number of rotatable bonds is 4. The van der Waals surface area contributed by atoms with Crippen LogP contribution >= 0.6 is 0 Å². The van der Waals surface area contributed by atoms with Gasteiger partial charge in [-0.25, -0.2) is 0 Å². The molecule has 1 fully saturated rings. The summed E-state index contributed by atoms with van der Waals surface area (Å²) < 4.78 is 10.6. The van der Waals surface area contributed by atoms with Gasteiger partial charge in [0.1, 0.15) is 0 Å². The lowest BCUT2D eigenvalue weighted by Crippen LogP contribution is -2.32. The van der Waals surface area contributed by atoms with Crippen molar-refractivity contribution in [2.75, 3.05) is 25.2 Å². The summed E-state index contributed by atoms with van der Waals surface area (Å²) in [5.74, 6) is 1.05. The van der Waals surface area contributed by atoms with E-state index in [0.717, 1.165) is 44.3 Å². The van der Waals surface area contributed by atoms with Crippen LogP contribution in [0.5, 0.6) is 11.5 Å². The maximum absolute atomic E-state index is 13.0. The molecule has 6 nitrogen and oxygen atoms in total. The van der Waals surface area contributed by atoms with Crippen molar-refractivity contribution in [3.8, 4) is 11.5 Å². The first-order valence-corrected chi connectivity index (χ1v) is 9.98. The standard InChI is InChI=1S/C23H24N2O4/c26-22(12-10-17-9-11-20-21(15-17)29-16-28-20)24-19-8-4-3-7-18(19)23(27)25-13-5-1-2-6-14-25/h3-4,7-12,15H,1-2,5-6,13-14,16H2,(H,24,26)/b12-10+. The Labute approximate surface area is 170 Å². The van der Waals surface area contributed by atoms with Crippen molar-refractivity contribution in [1.82, 2.24) is 4.90 Å². The van der Waals surface area contributed by atoms with Crippen molar-refractivity contribution >= 4 is 23.6 Å². The Hall–Kier alpha value is -3.28. The van der Waals surface area contributed by atoms with Crippen molar-refractivity contribution in [3.05, 3.63) is 59.7 Å². The predicted octanol–water partition coefficient (Wildman–Crippen LogP) is 4.08. The molecule has 4 rings (SSSR count). The summed E-state index contributed by atoms with van der Waals surface area (Å²) >= 11 is 0. The zero-order valence-electron chi connectivity index (χ0n) is 16.2. The maximum Gasteiger partial charge on any atom is 0.255 e. The van der Waals surface area contributed by atoms with E-state index >= 15 is 0 Å². The quantitative estimate of drug-likeness (QED) is 0.796. The summed E-state index contributed by atoms with van der Waals surface area (Å²) in [6.07, 6.45) is 7.53. The topological polar surface area (TPSA) is 67.9 Å². The molecule has 2 heterocycles. The fourth-order valence-electron chi connectivity index (χ4n) is 3.59. The lowest BCUT2D eigenvalue weighted by molar-refractivity contribution is -0.111. The van der Waals surface area contributed by atoms with Gasteiger partial charge in [0.25, 0.3) is 5.91 Å². The van der Waals surface area contributed by atoms with E-state index in [9.17, 15) is 9.59 Å². The van der Waals surface area contributed by atoms with E-state index in [0.29, 0.717) is 22.7 Å². The number of ether oxygens (including phenoxy) is 2. The fraction of sp³-hybridized carbons (Fsp3) is 0.304. The second-order valence-corrected chi connectivity index (χ2v) is 7.19. The van der Waals surface area contributed by atoms with Gasteiger partial charge in [-0.3, -0.25) is 9.59 Å². The number of para-hydroxylation sites is 1. The number of carbonyl (C=O) groups excluding carboxylic acids is 2. The van der Waals surface area contributed by atoms with E-state index in [2.05, 4.69) is 5.32 Å². The van der Waals surface area contributed by atoms with Crippen LogP contribution in [0.15, 0.2) is 48.5 Å². The number of nitrogens with zero attached hydrogens (tertiary/aromatic N) is 1. The number of amides is 2.